The number of cyclic esters (lactones) is 2. The Kier molecular flexibility index (Phi) is 4.18. The minimum atomic E-state index is -0.579. The first-order chi connectivity index (χ1) is 5.02. The first-order valence-corrected chi connectivity index (χ1v) is 3.46. The van der Waals surface area contributed by atoms with Crippen molar-refractivity contribution in [3.63, 3.8) is 0 Å². The molecule has 62 valence electrons. The lowest BCUT2D eigenvalue weighted by Gasteiger charge is -1.80. The molecule has 1 aliphatic rings. The largest absolute Gasteiger partial charge is 0.387 e. The standard InChI is InChI=1S/C4H2O3.C4H10/c5-3-1-2-4(6)7-3;1-4(2)3/h1-2H;4H,1-3H3. The molecule has 0 radical (unpaired) electrons. The zero-order valence-electron chi connectivity index (χ0n) is 6.96. The molecule has 0 saturated carbocycles. The maximum Gasteiger partial charge on any atom is 0.338 e. The normalized spacial score (nSPS) is 14.5. The maximum atomic E-state index is 9.92. The Morgan fingerprint density at radius 3 is 1.45 bits per heavy atom. The second-order valence-corrected chi connectivity index (χ2v) is 2.81. The summed E-state index contributed by atoms with van der Waals surface area (Å²) in [5.41, 5.74) is 0. The van der Waals surface area contributed by atoms with Crippen molar-refractivity contribution in [2.24, 2.45) is 5.92 Å². The topological polar surface area (TPSA) is 43.4 Å². The van der Waals surface area contributed by atoms with Crippen molar-refractivity contribution in [1.29, 1.82) is 0 Å². The van der Waals surface area contributed by atoms with Gasteiger partial charge in [-0.25, -0.2) is 9.59 Å². The van der Waals surface area contributed by atoms with Gasteiger partial charge < -0.3 is 4.74 Å². The lowest BCUT2D eigenvalue weighted by Crippen LogP contribution is -1.96. The highest BCUT2D eigenvalue weighted by atomic mass is 16.6. The number of ether oxygens (including phenoxy) is 1. The highest BCUT2D eigenvalue weighted by molar-refractivity contribution is 6.04. The molecule has 0 fully saturated rings. The Bertz CT molecular complexity index is 161. The van der Waals surface area contributed by atoms with Crippen LogP contribution >= 0.6 is 0 Å². The van der Waals surface area contributed by atoms with E-state index < -0.39 is 11.9 Å². The summed E-state index contributed by atoms with van der Waals surface area (Å²) in [6.45, 7) is 6.50. The number of esters is 2. The molecule has 0 aromatic carbocycles. The average Bonchev–Trinajstić information content (AvgIpc) is 2.13. The van der Waals surface area contributed by atoms with Gasteiger partial charge in [0.1, 0.15) is 0 Å². The zero-order chi connectivity index (χ0) is 8.85. The molecule has 0 unspecified atom stereocenters. The van der Waals surface area contributed by atoms with Gasteiger partial charge in [-0.15, -0.1) is 0 Å². The highest BCUT2D eigenvalue weighted by Crippen LogP contribution is 1.92. The molecule has 0 N–H and O–H groups in total. The minimum absolute atomic E-state index is 0.579. The summed E-state index contributed by atoms with van der Waals surface area (Å²) in [6, 6.07) is 0. The fraction of sp³-hybridized carbons (Fsp3) is 0.500. The van der Waals surface area contributed by atoms with Crippen molar-refractivity contribution in [1.82, 2.24) is 0 Å². The Morgan fingerprint density at radius 1 is 1.09 bits per heavy atom. The molecule has 0 bridgehead atoms. The van der Waals surface area contributed by atoms with E-state index in [1.807, 2.05) is 0 Å². The molecule has 0 atom stereocenters. The summed E-state index contributed by atoms with van der Waals surface area (Å²) in [5.74, 6) is -0.324. The van der Waals surface area contributed by atoms with Crippen LogP contribution in [0.2, 0.25) is 0 Å². The van der Waals surface area contributed by atoms with E-state index >= 15 is 0 Å². The Hall–Kier alpha value is -1.12. The quantitative estimate of drug-likeness (QED) is 0.392. The SMILES string of the molecule is CC(C)C.O=C1C=CC(=O)O1. The van der Waals surface area contributed by atoms with E-state index in [2.05, 4.69) is 25.5 Å². The van der Waals surface area contributed by atoms with Crippen molar-refractivity contribution in [3.05, 3.63) is 12.2 Å². The van der Waals surface area contributed by atoms with Gasteiger partial charge in [0.25, 0.3) is 0 Å². The smallest absolute Gasteiger partial charge is 0.338 e. The number of hydrogen-bond acceptors (Lipinski definition) is 3. The van der Waals surface area contributed by atoms with Gasteiger partial charge in [0.15, 0.2) is 0 Å². The maximum absolute atomic E-state index is 9.92. The third-order valence-electron chi connectivity index (χ3n) is 0.557. The van der Waals surface area contributed by atoms with E-state index in [0.29, 0.717) is 0 Å². The van der Waals surface area contributed by atoms with Gasteiger partial charge in [0, 0.05) is 12.2 Å². The van der Waals surface area contributed by atoms with Gasteiger partial charge in [0.05, 0.1) is 0 Å². The van der Waals surface area contributed by atoms with E-state index in [-0.39, 0.29) is 0 Å². The van der Waals surface area contributed by atoms with Crippen molar-refractivity contribution in [3.8, 4) is 0 Å². The minimum Gasteiger partial charge on any atom is -0.387 e. The van der Waals surface area contributed by atoms with Crippen LogP contribution in [0.5, 0.6) is 0 Å². The van der Waals surface area contributed by atoms with Crippen LogP contribution in [0.25, 0.3) is 0 Å². The fourth-order valence-corrected chi connectivity index (χ4v) is 0.303. The monoisotopic (exact) mass is 156 g/mol. The Morgan fingerprint density at radius 2 is 1.36 bits per heavy atom. The second-order valence-electron chi connectivity index (χ2n) is 2.81. The average molecular weight is 156 g/mol. The van der Waals surface area contributed by atoms with Gasteiger partial charge in [-0.2, -0.15) is 0 Å². The molecule has 1 rings (SSSR count). The van der Waals surface area contributed by atoms with E-state index in [1.54, 1.807) is 0 Å². The number of carbonyl (C=O) groups excluding carboxylic acids is 2. The molecule has 0 amide bonds. The molecule has 0 aliphatic carbocycles. The first-order valence-electron chi connectivity index (χ1n) is 3.46. The van der Waals surface area contributed by atoms with Crippen LogP contribution in [0.1, 0.15) is 20.8 Å². The molecule has 0 spiro atoms. The number of carbonyl (C=O) groups is 2. The summed E-state index contributed by atoms with van der Waals surface area (Å²) < 4.78 is 3.97. The van der Waals surface area contributed by atoms with E-state index in [0.717, 1.165) is 18.1 Å². The molecule has 0 aromatic rings. The lowest BCUT2D eigenvalue weighted by molar-refractivity contribution is -0.150. The predicted molar refractivity (Wildman–Crippen MR) is 40.8 cm³/mol. The molecule has 1 heterocycles. The molecule has 0 aromatic heterocycles. The van der Waals surface area contributed by atoms with Gasteiger partial charge in [-0.1, -0.05) is 20.8 Å². The van der Waals surface area contributed by atoms with Crippen molar-refractivity contribution in [2.75, 3.05) is 0 Å². The molecule has 11 heavy (non-hydrogen) atoms. The van der Waals surface area contributed by atoms with Crippen molar-refractivity contribution >= 4 is 11.9 Å². The van der Waals surface area contributed by atoms with Crippen molar-refractivity contribution < 1.29 is 14.3 Å². The van der Waals surface area contributed by atoms with Gasteiger partial charge in [-0.05, 0) is 5.92 Å². The van der Waals surface area contributed by atoms with Crippen LogP contribution < -0.4 is 0 Å². The summed E-state index contributed by atoms with van der Waals surface area (Å²) >= 11 is 0. The van der Waals surface area contributed by atoms with Gasteiger partial charge >= 0.3 is 11.9 Å². The zero-order valence-corrected chi connectivity index (χ0v) is 6.96. The molecule has 0 saturated heterocycles. The lowest BCUT2D eigenvalue weighted by atomic mass is 10.3. The number of hydrogen-bond donors (Lipinski definition) is 0. The highest BCUT2D eigenvalue weighted by Gasteiger charge is 2.10. The van der Waals surface area contributed by atoms with Crippen LogP contribution in [0.3, 0.4) is 0 Å². The second kappa shape index (κ2) is 4.66. The van der Waals surface area contributed by atoms with Crippen LogP contribution in [0.4, 0.5) is 0 Å². The predicted octanol–water partition coefficient (Wildman–Crippen LogP) is 1.29. The van der Waals surface area contributed by atoms with Crippen LogP contribution in [0, 0.1) is 5.92 Å². The first kappa shape index (κ1) is 9.88. The summed E-state index contributed by atoms with van der Waals surface area (Å²) in [7, 11) is 0. The Labute approximate surface area is 66.0 Å². The van der Waals surface area contributed by atoms with E-state index in [1.165, 1.54) is 0 Å². The van der Waals surface area contributed by atoms with E-state index in [4.69, 9.17) is 0 Å². The third-order valence-corrected chi connectivity index (χ3v) is 0.557. The third kappa shape index (κ3) is 6.77. The van der Waals surface area contributed by atoms with Crippen LogP contribution in [-0.4, -0.2) is 11.9 Å². The summed E-state index contributed by atoms with van der Waals surface area (Å²) in [4.78, 5) is 19.8. The van der Waals surface area contributed by atoms with Crippen LogP contribution in [-0.2, 0) is 14.3 Å². The fourth-order valence-electron chi connectivity index (χ4n) is 0.303. The molecule has 3 heteroatoms. The van der Waals surface area contributed by atoms with Gasteiger partial charge in [0.2, 0.25) is 0 Å². The number of rotatable bonds is 0. The van der Waals surface area contributed by atoms with Crippen LogP contribution in [0.15, 0.2) is 12.2 Å². The molecular formula is C8H12O3. The van der Waals surface area contributed by atoms with E-state index in [9.17, 15) is 9.59 Å². The molecular weight excluding hydrogens is 144 g/mol. The van der Waals surface area contributed by atoms with Crippen molar-refractivity contribution in [2.45, 2.75) is 20.8 Å². The molecule has 3 nitrogen and oxygen atoms in total. The Balaban J connectivity index is 0.000000218. The summed E-state index contributed by atoms with van der Waals surface area (Å²) in [6.07, 6.45) is 2.17. The molecule has 1 aliphatic heterocycles. The van der Waals surface area contributed by atoms with Gasteiger partial charge in [-0.3, -0.25) is 0 Å². The summed E-state index contributed by atoms with van der Waals surface area (Å²) in [5, 5.41) is 0.